The van der Waals surface area contributed by atoms with E-state index in [9.17, 15) is 13.2 Å². The van der Waals surface area contributed by atoms with Crippen LogP contribution >= 0.6 is 24.0 Å². The molecule has 1 aromatic rings. The molecule has 1 aliphatic rings. The summed E-state index contributed by atoms with van der Waals surface area (Å²) in [4.78, 5) is 11.7. The number of sulfonamides is 1. The summed E-state index contributed by atoms with van der Waals surface area (Å²) in [7, 11) is -0.669. The van der Waals surface area contributed by atoms with Gasteiger partial charge < -0.3 is 10.1 Å². The Morgan fingerprint density at radius 1 is 1.43 bits per heavy atom. The van der Waals surface area contributed by atoms with Gasteiger partial charge in [0.15, 0.2) is 0 Å². The van der Waals surface area contributed by atoms with Crippen LogP contribution in [0.1, 0.15) is 23.2 Å². The standard InChI is InChI=1S/C14H19ClN2O4S.ClH/c1-16-9-12-4-3-5-17(12)22(19,20)13-7-10(14(18)21-2)6-11(15)8-13;/h6-8,12,16H,3-5,9H2,1-2H3;1H. The summed E-state index contributed by atoms with van der Waals surface area (Å²) in [6.45, 7) is 1.05. The van der Waals surface area contributed by atoms with Crippen LogP contribution in [0.4, 0.5) is 0 Å². The fourth-order valence-corrected chi connectivity index (χ4v) is 4.71. The molecule has 1 N–H and O–H groups in total. The van der Waals surface area contributed by atoms with Crippen LogP contribution in [-0.4, -0.2) is 52.0 Å². The van der Waals surface area contributed by atoms with Crippen molar-refractivity contribution in [2.75, 3.05) is 27.2 Å². The summed E-state index contributed by atoms with van der Waals surface area (Å²) >= 11 is 5.96. The first kappa shape index (κ1) is 20.2. The van der Waals surface area contributed by atoms with E-state index in [0.717, 1.165) is 12.8 Å². The average Bonchev–Trinajstić information content (AvgIpc) is 2.95. The fraction of sp³-hybridized carbons (Fsp3) is 0.500. The topological polar surface area (TPSA) is 75.7 Å². The zero-order valence-corrected chi connectivity index (χ0v) is 15.3. The van der Waals surface area contributed by atoms with E-state index < -0.39 is 16.0 Å². The highest BCUT2D eigenvalue weighted by molar-refractivity contribution is 7.89. The van der Waals surface area contributed by atoms with Gasteiger partial charge in [0.25, 0.3) is 0 Å². The number of rotatable bonds is 5. The maximum Gasteiger partial charge on any atom is 0.337 e. The van der Waals surface area contributed by atoms with Crippen LogP contribution < -0.4 is 5.32 Å². The van der Waals surface area contributed by atoms with Gasteiger partial charge in [-0.2, -0.15) is 4.31 Å². The van der Waals surface area contributed by atoms with Gasteiger partial charge in [-0.15, -0.1) is 12.4 Å². The number of likely N-dealkylation sites (N-methyl/N-ethyl adjacent to an activating group) is 1. The Bertz CT molecular complexity index is 667. The van der Waals surface area contributed by atoms with Gasteiger partial charge in [0.2, 0.25) is 10.0 Å². The number of halogens is 2. The quantitative estimate of drug-likeness (QED) is 0.787. The summed E-state index contributed by atoms with van der Waals surface area (Å²) < 4.78 is 31.7. The van der Waals surface area contributed by atoms with E-state index >= 15 is 0 Å². The van der Waals surface area contributed by atoms with Crippen LogP contribution in [0.2, 0.25) is 5.02 Å². The van der Waals surface area contributed by atoms with Gasteiger partial charge >= 0.3 is 5.97 Å². The first-order valence-electron chi connectivity index (χ1n) is 6.95. The lowest BCUT2D eigenvalue weighted by Gasteiger charge is -2.24. The van der Waals surface area contributed by atoms with E-state index in [1.54, 1.807) is 7.05 Å². The lowest BCUT2D eigenvalue weighted by atomic mass is 10.2. The van der Waals surface area contributed by atoms with Crippen molar-refractivity contribution in [1.29, 1.82) is 0 Å². The van der Waals surface area contributed by atoms with Crippen LogP contribution in [0.3, 0.4) is 0 Å². The molecule has 0 aromatic heterocycles. The van der Waals surface area contributed by atoms with Gasteiger partial charge in [0.1, 0.15) is 0 Å². The van der Waals surface area contributed by atoms with Crippen molar-refractivity contribution in [3.63, 3.8) is 0 Å². The summed E-state index contributed by atoms with van der Waals surface area (Å²) in [5.41, 5.74) is 0.123. The molecule has 1 unspecified atom stereocenters. The van der Waals surface area contributed by atoms with Crippen molar-refractivity contribution in [1.82, 2.24) is 9.62 Å². The number of methoxy groups -OCH3 is 1. The Morgan fingerprint density at radius 3 is 2.74 bits per heavy atom. The second kappa shape index (κ2) is 8.30. The SMILES string of the molecule is CNCC1CCCN1S(=O)(=O)c1cc(Cl)cc(C(=O)OC)c1.Cl. The van der Waals surface area contributed by atoms with Gasteiger partial charge in [-0.1, -0.05) is 11.6 Å². The van der Waals surface area contributed by atoms with E-state index in [0.29, 0.717) is 13.1 Å². The van der Waals surface area contributed by atoms with Gasteiger partial charge in [0.05, 0.1) is 17.6 Å². The van der Waals surface area contributed by atoms with Crippen molar-refractivity contribution in [2.24, 2.45) is 0 Å². The Morgan fingerprint density at radius 2 is 2.13 bits per heavy atom. The molecule has 0 aliphatic carbocycles. The third-order valence-electron chi connectivity index (χ3n) is 3.66. The van der Waals surface area contributed by atoms with Gasteiger partial charge in [0, 0.05) is 24.2 Å². The number of ether oxygens (including phenoxy) is 1. The first-order valence-corrected chi connectivity index (χ1v) is 8.77. The van der Waals surface area contributed by atoms with E-state index in [2.05, 4.69) is 10.1 Å². The second-order valence-electron chi connectivity index (χ2n) is 5.14. The monoisotopic (exact) mass is 382 g/mol. The molecule has 1 fully saturated rings. The summed E-state index contributed by atoms with van der Waals surface area (Å²) in [6, 6.07) is 3.97. The minimum Gasteiger partial charge on any atom is -0.465 e. The van der Waals surface area contributed by atoms with Crippen molar-refractivity contribution in [3.8, 4) is 0 Å². The molecule has 130 valence electrons. The van der Waals surface area contributed by atoms with Crippen LogP contribution in [0, 0.1) is 0 Å². The maximum atomic E-state index is 12.8. The molecular formula is C14H20Cl2N2O4S. The highest BCUT2D eigenvalue weighted by Gasteiger charge is 2.35. The Hall–Kier alpha value is -0.860. The van der Waals surface area contributed by atoms with Crippen molar-refractivity contribution >= 4 is 40.0 Å². The number of carbonyl (C=O) groups excluding carboxylic acids is 1. The predicted molar refractivity (Wildman–Crippen MR) is 90.9 cm³/mol. The molecule has 1 atom stereocenters. The molecule has 0 radical (unpaired) electrons. The van der Waals surface area contributed by atoms with Crippen LogP contribution in [0.5, 0.6) is 0 Å². The van der Waals surface area contributed by atoms with E-state index in [1.165, 1.54) is 29.6 Å². The molecule has 1 aromatic carbocycles. The van der Waals surface area contributed by atoms with Crippen molar-refractivity contribution in [3.05, 3.63) is 28.8 Å². The van der Waals surface area contributed by atoms with Gasteiger partial charge in [-0.3, -0.25) is 0 Å². The van der Waals surface area contributed by atoms with Crippen LogP contribution in [0.15, 0.2) is 23.1 Å². The summed E-state index contributed by atoms with van der Waals surface area (Å²) in [5.74, 6) is -0.618. The predicted octanol–water partition coefficient (Wildman–Crippen LogP) is 1.92. The van der Waals surface area contributed by atoms with Gasteiger partial charge in [-0.25, -0.2) is 13.2 Å². The molecule has 0 amide bonds. The van der Waals surface area contributed by atoms with Crippen molar-refractivity contribution < 1.29 is 17.9 Å². The van der Waals surface area contributed by atoms with E-state index in [-0.39, 0.29) is 33.9 Å². The number of nitrogens with one attached hydrogen (secondary N) is 1. The largest absolute Gasteiger partial charge is 0.465 e. The molecule has 1 saturated heterocycles. The highest BCUT2D eigenvalue weighted by Crippen LogP contribution is 2.28. The number of nitrogens with zero attached hydrogens (tertiary/aromatic N) is 1. The fourth-order valence-electron chi connectivity index (χ4n) is 2.65. The minimum absolute atomic E-state index is 0. The van der Waals surface area contributed by atoms with E-state index in [4.69, 9.17) is 11.6 Å². The Balaban J connectivity index is 0.00000264. The third kappa shape index (κ3) is 4.36. The summed E-state index contributed by atoms with van der Waals surface area (Å²) in [5, 5.41) is 3.19. The maximum absolute atomic E-state index is 12.8. The molecule has 0 bridgehead atoms. The minimum atomic E-state index is -3.70. The van der Waals surface area contributed by atoms with E-state index in [1.807, 2.05) is 0 Å². The number of benzene rings is 1. The second-order valence-corrected chi connectivity index (χ2v) is 7.46. The zero-order valence-electron chi connectivity index (χ0n) is 12.9. The molecule has 23 heavy (non-hydrogen) atoms. The Labute approximate surface area is 147 Å². The number of hydrogen-bond donors (Lipinski definition) is 1. The molecule has 1 aliphatic heterocycles. The number of carbonyl (C=O) groups is 1. The smallest absolute Gasteiger partial charge is 0.337 e. The number of esters is 1. The van der Waals surface area contributed by atoms with Crippen molar-refractivity contribution in [2.45, 2.75) is 23.8 Å². The Kier molecular flexibility index (Phi) is 7.29. The highest BCUT2D eigenvalue weighted by atomic mass is 35.5. The first-order chi connectivity index (χ1) is 10.4. The lowest BCUT2D eigenvalue weighted by Crippen LogP contribution is -2.40. The third-order valence-corrected chi connectivity index (χ3v) is 5.81. The molecule has 2 rings (SSSR count). The number of hydrogen-bond acceptors (Lipinski definition) is 5. The lowest BCUT2D eigenvalue weighted by molar-refractivity contribution is 0.0600. The average molecular weight is 383 g/mol. The molecule has 0 spiro atoms. The molecule has 6 nitrogen and oxygen atoms in total. The van der Waals surface area contributed by atoms with Crippen LogP contribution in [-0.2, 0) is 14.8 Å². The normalized spacial score (nSPS) is 18.5. The molecule has 0 saturated carbocycles. The molecular weight excluding hydrogens is 363 g/mol. The zero-order chi connectivity index (χ0) is 16.3. The van der Waals surface area contributed by atoms with Crippen LogP contribution in [0.25, 0.3) is 0 Å². The summed E-state index contributed by atoms with van der Waals surface area (Å²) in [6.07, 6.45) is 1.63. The molecule has 9 heteroatoms. The molecule has 1 heterocycles. The van der Waals surface area contributed by atoms with Gasteiger partial charge in [-0.05, 0) is 38.1 Å².